The van der Waals surface area contributed by atoms with Crippen LogP contribution >= 0.6 is 27.5 Å². The minimum absolute atomic E-state index is 0.0115. The van der Waals surface area contributed by atoms with Crippen molar-refractivity contribution < 1.29 is 4.92 Å². The Balaban J connectivity index is 2.27. The van der Waals surface area contributed by atoms with Crippen LogP contribution in [0.25, 0.3) is 0 Å². The predicted molar refractivity (Wildman–Crippen MR) is 84.3 cm³/mol. The molecule has 0 spiro atoms. The maximum absolute atomic E-state index is 11.0. The molecule has 0 heterocycles. The Morgan fingerprint density at radius 1 is 1.33 bits per heavy atom. The van der Waals surface area contributed by atoms with Crippen LogP contribution in [-0.4, -0.2) is 4.92 Å². The number of nitro benzene ring substituents is 1. The smallest absolute Gasteiger partial charge is 0.275 e. The topological polar surface area (TPSA) is 79.0 Å². The van der Waals surface area contributed by atoms with Gasteiger partial charge in [0.1, 0.15) is 6.07 Å². The summed E-state index contributed by atoms with van der Waals surface area (Å²) in [5, 5.41) is 23.6. The van der Waals surface area contributed by atoms with Crippen LogP contribution in [0.2, 0.25) is 5.02 Å². The van der Waals surface area contributed by atoms with E-state index in [-0.39, 0.29) is 12.2 Å². The number of anilines is 1. The van der Waals surface area contributed by atoms with Crippen LogP contribution in [0.3, 0.4) is 0 Å². The van der Waals surface area contributed by atoms with E-state index < -0.39 is 4.92 Å². The summed E-state index contributed by atoms with van der Waals surface area (Å²) >= 11 is 9.10. The van der Waals surface area contributed by atoms with Crippen LogP contribution in [0.15, 0.2) is 40.9 Å². The molecule has 0 saturated heterocycles. The highest BCUT2D eigenvalue weighted by Gasteiger charge is 2.14. The molecule has 5 nitrogen and oxygen atoms in total. The Kier molecular flexibility index (Phi) is 4.78. The van der Waals surface area contributed by atoms with Crippen molar-refractivity contribution in [3.05, 3.63) is 67.1 Å². The maximum Gasteiger partial charge on any atom is 0.275 e. The number of nitriles is 1. The van der Waals surface area contributed by atoms with E-state index in [4.69, 9.17) is 16.9 Å². The summed E-state index contributed by atoms with van der Waals surface area (Å²) in [6.07, 6.45) is 0. The first-order chi connectivity index (χ1) is 10.0. The summed E-state index contributed by atoms with van der Waals surface area (Å²) in [5.41, 5.74) is 1.51. The second-order valence-corrected chi connectivity index (χ2v) is 5.54. The third kappa shape index (κ3) is 3.72. The largest absolute Gasteiger partial charge is 0.380 e. The number of nitrogens with one attached hydrogen (secondary N) is 1. The fraction of sp³-hybridized carbons (Fsp3) is 0.0714. The molecule has 2 aromatic rings. The van der Waals surface area contributed by atoms with Crippen LogP contribution < -0.4 is 5.32 Å². The number of rotatable bonds is 4. The van der Waals surface area contributed by atoms with Gasteiger partial charge in [-0.1, -0.05) is 27.5 Å². The van der Waals surface area contributed by atoms with Crippen LogP contribution in [0.5, 0.6) is 0 Å². The first-order valence-corrected chi connectivity index (χ1v) is 7.04. The van der Waals surface area contributed by atoms with Crippen LogP contribution in [0, 0.1) is 21.4 Å². The van der Waals surface area contributed by atoms with Crippen molar-refractivity contribution in [3.63, 3.8) is 0 Å². The molecule has 0 aromatic heterocycles. The van der Waals surface area contributed by atoms with E-state index in [0.717, 1.165) is 0 Å². The quantitative estimate of drug-likeness (QED) is 0.638. The molecule has 0 aliphatic rings. The summed E-state index contributed by atoms with van der Waals surface area (Å²) in [7, 11) is 0. The molecule has 0 fully saturated rings. The minimum Gasteiger partial charge on any atom is -0.380 e. The highest BCUT2D eigenvalue weighted by molar-refractivity contribution is 9.10. The Labute approximate surface area is 134 Å². The van der Waals surface area contributed by atoms with E-state index in [1.165, 1.54) is 6.07 Å². The molecule has 0 unspecified atom stereocenters. The molecule has 106 valence electrons. The molecule has 0 aliphatic carbocycles. The van der Waals surface area contributed by atoms with Crippen molar-refractivity contribution in [2.24, 2.45) is 0 Å². The van der Waals surface area contributed by atoms with Gasteiger partial charge < -0.3 is 5.32 Å². The molecule has 0 atom stereocenters. The van der Waals surface area contributed by atoms with E-state index in [2.05, 4.69) is 21.2 Å². The number of halogens is 2. The second kappa shape index (κ2) is 6.57. The van der Waals surface area contributed by atoms with Gasteiger partial charge in [0.2, 0.25) is 0 Å². The highest BCUT2D eigenvalue weighted by Crippen LogP contribution is 2.26. The lowest BCUT2D eigenvalue weighted by Gasteiger charge is -2.09. The monoisotopic (exact) mass is 365 g/mol. The van der Waals surface area contributed by atoms with E-state index in [1.807, 2.05) is 6.07 Å². The van der Waals surface area contributed by atoms with Gasteiger partial charge in [0.05, 0.1) is 16.2 Å². The van der Waals surface area contributed by atoms with Gasteiger partial charge in [-0.05, 0) is 30.3 Å². The standard InChI is InChI=1S/C14H9BrClN3O2/c15-11-3-1-10(14(5-11)19(20)21)8-18-13-6-12(16)4-2-9(13)7-17/h1-6,18H,8H2. The summed E-state index contributed by atoms with van der Waals surface area (Å²) in [6, 6.07) is 11.7. The summed E-state index contributed by atoms with van der Waals surface area (Å²) in [5.74, 6) is 0. The number of benzene rings is 2. The van der Waals surface area contributed by atoms with Crippen molar-refractivity contribution in [2.45, 2.75) is 6.54 Å². The van der Waals surface area contributed by atoms with Crippen LogP contribution in [0.4, 0.5) is 11.4 Å². The average molecular weight is 367 g/mol. The lowest BCUT2D eigenvalue weighted by molar-refractivity contribution is -0.385. The Bertz CT molecular complexity index is 743. The first kappa shape index (κ1) is 15.3. The molecule has 21 heavy (non-hydrogen) atoms. The number of hydrogen-bond acceptors (Lipinski definition) is 4. The van der Waals surface area contributed by atoms with Gasteiger partial charge in [-0.3, -0.25) is 10.1 Å². The van der Waals surface area contributed by atoms with Gasteiger partial charge in [0.15, 0.2) is 0 Å². The Morgan fingerprint density at radius 3 is 2.76 bits per heavy atom. The van der Waals surface area contributed by atoms with Gasteiger partial charge in [-0.2, -0.15) is 5.26 Å². The molecular formula is C14H9BrClN3O2. The van der Waals surface area contributed by atoms with E-state index in [1.54, 1.807) is 30.3 Å². The van der Waals surface area contributed by atoms with Crippen LogP contribution in [-0.2, 0) is 6.54 Å². The van der Waals surface area contributed by atoms with Gasteiger partial charge in [0, 0.05) is 27.7 Å². The molecule has 2 rings (SSSR count). The lowest BCUT2D eigenvalue weighted by atomic mass is 10.1. The van der Waals surface area contributed by atoms with Crippen molar-refractivity contribution >= 4 is 38.9 Å². The average Bonchev–Trinajstić information content (AvgIpc) is 2.46. The number of nitro groups is 1. The first-order valence-electron chi connectivity index (χ1n) is 5.87. The molecule has 0 aliphatic heterocycles. The second-order valence-electron chi connectivity index (χ2n) is 4.19. The molecule has 1 N–H and O–H groups in total. The Morgan fingerprint density at radius 2 is 2.10 bits per heavy atom. The van der Waals surface area contributed by atoms with Crippen molar-refractivity contribution in [2.75, 3.05) is 5.32 Å². The van der Waals surface area contributed by atoms with Crippen molar-refractivity contribution in [3.8, 4) is 6.07 Å². The lowest BCUT2D eigenvalue weighted by Crippen LogP contribution is -2.04. The van der Waals surface area contributed by atoms with Crippen LogP contribution in [0.1, 0.15) is 11.1 Å². The molecule has 7 heteroatoms. The molecule has 0 radical (unpaired) electrons. The summed E-state index contributed by atoms with van der Waals surface area (Å²) in [6.45, 7) is 0.221. The summed E-state index contributed by atoms with van der Waals surface area (Å²) < 4.78 is 0.637. The van der Waals surface area contributed by atoms with E-state index in [9.17, 15) is 10.1 Å². The molecule has 0 saturated carbocycles. The van der Waals surface area contributed by atoms with Crippen molar-refractivity contribution in [1.29, 1.82) is 5.26 Å². The number of nitrogens with zero attached hydrogens (tertiary/aromatic N) is 2. The zero-order valence-corrected chi connectivity index (χ0v) is 13.0. The zero-order chi connectivity index (χ0) is 15.4. The fourth-order valence-electron chi connectivity index (χ4n) is 1.81. The summed E-state index contributed by atoms with van der Waals surface area (Å²) in [4.78, 5) is 10.6. The maximum atomic E-state index is 11.0. The zero-order valence-electron chi connectivity index (χ0n) is 10.6. The molecule has 0 amide bonds. The normalized spacial score (nSPS) is 9.95. The third-order valence-corrected chi connectivity index (χ3v) is 3.54. The van der Waals surface area contributed by atoms with Crippen molar-refractivity contribution in [1.82, 2.24) is 0 Å². The van der Waals surface area contributed by atoms with Gasteiger partial charge in [-0.15, -0.1) is 0 Å². The number of hydrogen-bond donors (Lipinski definition) is 1. The fourth-order valence-corrected chi connectivity index (χ4v) is 2.33. The van der Waals surface area contributed by atoms with Gasteiger partial charge in [-0.25, -0.2) is 0 Å². The van der Waals surface area contributed by atoms with E-state index >= 15 is 0 Å². The van der Waals surface area contributed by atoms with Gasteiger partial charge in [0.25, 0.3) is 5.69 Å². The minimum atomic E-state index is -0.440. The Hall–Kier alpha value is -2.10. The SMILES string of the molecule is N#Cc1ccc(Cl)cc1NCc1ccc(Br)cc1[N+](=O)[O-]. The van der Waals surface area contributed by atoms with Gasteiger partial charge >= 0.3 is 0 Å². The molecular weight excluding hydrogens is 358 g/mol. The molecule has 0 bridgehead atoms. The molecule has 2 aromatic carbocycles. The third-order valence-electron chi connectivity index (χ3n) is 2.82. The predicted octanol–water partition coefficient (Wildman–Crippen LogP) is 4.49. The van der Waals surface area contributed by atoms with E-state index in [0.29, 0.717) is 26.3 Å². The highest BCUT2D eigenvalue weighted by atomic mass is 79.9.